The molecule has 0 radical (unpaired) electrons. The van der Waals surface area contributed by atoms with Crippen LogP contribution in [-0.4, -0.2) is 37.9 Å². The molecule has 1 aromatic carbocycles. The highest BCUT2D eigenvalue weighted by atomic mass is 32.2. The molecule has 0 aliphatic heterocycles. The number of hydrogen-bond acceptors (Lipinski definition) is 5. The number of carbonyl (C=O) groups is 1. The minimum Gasteiger partial charge on any atom is -0.384 e. The van der Waals surface area contributed by atoms with Crippen LogP contribution in [0.15, 0.2) is 30.3 Å². The second kappa shape index (κ2) is 6.09. The van der Waals surface area contributed by atoms with E-state index in [1.165, 1.54) is 12.3 Å². The topological polar surface area (TPSA) is 102 Å². The lowest BCUT2D eigenvalue weighted by atomic mass is 10.1. The first-order chi connectivity index (χ1) is 9.87. The highest BCUT2D eigenvalue weighted by Crippen LogP contribution is 2.19. The molecule has 0 spiro atoms. The van der Waals surface area contributed by atoms with Crippen molar-refractivity contribution in [1.82, 2.24) is 10.3 Å². The lowest BCUT2D eigenvalue weighted by Gasteiger charge is -2.08. The maximum atomic E-state index is 12.2. The number of nitrogens with two attached hydrogens (primary N) is 1. The summed E-state index contributed by atoms with van der Waals surface area (Å²) in [5.41, 5.74) is 6.80. The number of pyridine rings is 1. The summed E-state index contributed by atoms with van der Waals surface area (Å²) in [5.74, 6) is 0.0377. The molecular weight excluding hydrogens is 290 g/mol. The van der Waals surface area contributed by atoms with Gasteiger partial charge in [-0.1, -0.05) is 18.2 Å². The van der Waals surface area contributed by atoms with Crippen molar-refractivity contribution in [2.24, 2.45) is 0 Å². The molecule has 0 atom stereocenters. The molecule has 0 saturated carbocycles. The molecule has 0 unspecified atom stereocenters. The zero-order chi connectivity index (χ0) is 15.5. The highest BCUT2D eigenvalue weighted by Gasteiger charge is 2.12. The Balaban J connectivity index is 2.12. The fourth-order valence-electron chi connectivity index (χ4n) is 2.02. The van der Waals surface area contributed by atoms with E-state index in [1.807, 2.05) is 12.1 Å². The minimum atomic E-state index is -3.01. The Kier molecular flexibility index (Phi) is 4.42. The lowest BCUT2D eigenvalue weighted by Crippen LogP contribution is -2.26. The Morgan fingerprint density at radius 1 is 1.33 bits per heavy atom. The van der Waals surface area contributed by atoms with Gasteiger partial charge in [0, 0.05) is 18.2 Å². The van der Waals surface area contributed by atoms with Gasteiger partial charge in [0.2, 0.25) is 0 Å². The van der Waals surface area contributed by atoms with Gasteiger partial charge in [0.05, 0.1) is 16.8 Å². The number of fused-ring (bicyclic) bond motifs is 1. The van der Waals surface area contributed by atoms with Crippen LogP contribution in [0.5, 0.6) is 0 Å². The number of carbonyl (C=O) groups excluding carboxylic acids is 1. The molecule has 1 aromatic heterocycles. The van der Waals surface area contributed by atoms with E-state index in [9.17, 15) is 13.2 Å². The average Bonchev–Trinajstić information content (AvgIpc) is 2.41. The first-order valence-electron chi connectivity index (χ1n) is 6.48. The summed E-state index contributed by atoms with van der Waals surface area (Å²) in [7, 11) is -3.01. The molecule has 2 aromatic rings. The molecule has 112 valence electrons. The number of nitrogens with zero attached hydrogens (tertiary/aromatic N) is 1. The van der Waals surface area contributed by atoms with Gasteiger partial charge in [0.25, 0.3) is 5.91 Å². The van der Waals surface area contributed by atoms with Crippen molar-refractivity contribution < 1.29 is 13.2 Å². The van der Waals surface area contributed by atoms with Gasteiger partial charge in [-0.05, 0) is 18.6 Å². The third kappa shape index (κ3) is 4.16. The largest absolute Gasteiger partial charge is 0.384 e. The minimum absolute atomic E-state index is 0.0481. The van der Waals surface area contributed by atoms with Crippen LogP contribution in [0.3, 0.4) is 0 Å². The van der Waals surface area contributed by atoms with Gasteiger partial charge < -0.3 is 11.1 Å². The smallest absolute Gasteiger partial charge is 0.252 e. The standard InChI is InChI=1S/C14H17N3O3S/c1-21(19,20)8-4-7-16-14(18)11-9-13(15)17-12-6-3-2-5-10(11)12/h2-3,5-6,9H,4,7-8H2,1H3,(H2,15,17)(H,16,18). The molecule has 21 heavy (non-hydrogen) atoms. The van der Waals surface area contributed by atoms with Gasteiger partial charge in [-0.3, -0.25) is 4.79 Å². The van der Waals surface area contributed by atoms with Gasteiger partial charge in [-0.15, -0.1) is 0 Å². The van der Waals surface area contributed by atoms with Crippen molar-refractivity contribution in [3.05, 3.63) is 35.9 Å². The Labute approximate surface area is 123 Å². The Bertz CT molecular complexity index is 772. The summed E-state index contributed by atoms with van der Waals surface area (Å²) in [6, 6.07) is 8.75. The highest BCUT2D eigenvalue weighted by molar-refractivity contribution is 7.90. The number of nitrogen functional groups attached to an aromatic ring is 1. The number of benzene rings is 1. The molecular formula is C14H17N3O3S. The van der Waals surface area contributed by atoms with Gasteiger partial charge in [0.15, 0.2) is 0 Å². The summed E-state index contributed by atoms with van der Waals surface area (Å²) in [5, 5.41) is 3.42. The molecule has 7 heteroatoms. The monoisotopic (exact) mass is 307 g/mol. The van der Waals surface area contributed by atoms with Crippen LogP contribution in [-0.2, 0) is 9.84 Å². The van der Waals surface area contributed by atoms with Crippen molar-refractivity contribution in [3.8, 4) is 0 Å². The summed E-state index contributed by atoms with van der Waals surface area (Å²) >= 11 is 0. The summed E-state index contributed by atoms with van der Waals surface area (Å²) in [4.78, 5) is 16.4. The van der Waals surface area contributed by atoms with E-state index in [1.54, 1.807) is 12.1 Å². The van der Waals surface area contributed by atoms with Crippen LogP contribution in [0.4, 0.5) is 5.82 Å². The first-order valence-corrected chi connectivity index (χ1v) is 8.54. The number of amides is 1. The molecule has 1 amide bonds. The maximum Gasteiger partial charge on any atom is 0.252 e. The van der Waals surface area contributed by atoms with Crippen LogP contribution in [0.1, 0.15) is 16.8 Å². The van der Waals surface area contributed by atoms with Crippen LogP contribution >= 0.6 is 0 Å². The zero-order valence-corrected chi connectivity index (χ0v) is 12.5. The Morgan fingerprint density at radius 2 is 2.05 bits per heavy atom. The van der Waals surface area contributed by atoms with Crippen molar-refractivity contribution in [3.63, 3.8) is 0 Å². The van der Waals surface area contributed by atoms with Crippen LogP contribution in [0.2, 0.25) is 0 Å². The molecule has 3 N–H and O–H groups in total. The third-order valence-electron chi connectivity index (χ3n) is 2.96. The number of rotatable bonds is 5. The zero-order valence-electron chi connectivity index (χ0n) is 11.7. The van der Waals surface area contributed by atoms with Crippen molar-refractivity contribution in [2.75, 3.05) is 24.3 Å². The average molecular weight is 307 g/mol. The van der Waals surface area contributed by atoms with Crippen LogP contribution in [0, 0.1) is 0 Å². The van der Waals surface area contributed by atoms with Crippen molar-refractivity contribution in [1.29, 1.82) is 0 Å². The number of anilines is 1. The predicted molar refractivity (Wildman–Crippen MR) is 82.8 cm³/mol. The molecule has 2 rings (SSSR count). The molecule has 0 saturated heterocycles. The van der Waals surface area contributed by atoms with E-state index >= 15 is 0 Å². The fourth-order valence-corrected chi connectivity index (χ4v) is 2.68. The second-order valence-corrected chi connectivity index (χ2v) is 7.11. The Morgan fingerprint density at radius 3 is 2.76 bits per heavy atom. The molecule has 1 heterocycles. The number of nitrogens with one attached hydrogen (secondary N) is 1. The molecule has 0 aliphatic carbocycles. The van der Waals surface area contributed by atoms with E-state index in [4.69, 9.17) is 5.73 Å². The molecule has 0 aliphatic rings. The van der Waals surface area contributed by atoms with E-state index < -0.39 is 9.84 Å². The van der Waals surface area contributed by atoms with Crippen LogP contribution in [0.25, 0.3) is 10.9 Å². The van der Waals surface area contributed by atoms with Gasteiger partial charge >= 0.3 is 0 Å². The molecule has 0 fully saturated rings. The van der Waals surface area contributed by atoms with Crippen LogP contribution < -0.4 is 11.1 Å². The quantitative estimate of drug-likeness (QED) is 0.802. The second-order valence-electron chi connectivity index (χ2n) is 4.85. The van der Waals surface area contributed by atoms with E-state index in [-0.39, 0.29) is 17.5 Å². The number of sulfone groups is 1. The van der Waals surface area contributed by atoms with E-state index in [0.717, 1.165) is 0 Å². The fraction of sp³-hybridized carbons (Fsp3) is 0.286. The van der Waals surface area contributed by atoms with Gasteiger partial charge in [-0.25, -0.2) is 13.4 Å². The van der Waals surface area contributed by atoms with Crippen molar-refractivity contribution >= 4 is 32.5 Å². The SMILES string of the molecule is CS(=O)(=O)CCCNC(=O)c1cc(N)nc2ccccc12. The predicted octanol–water partition coefficient (Wildman–Crippen LogP) is 0.982. The number of aromatic nitrogens is 1. The van der Waals surface area contributed by atoms with E-state index in [0.29, 0.717) is 29.4 Å². The van der Waals surface area contributed by atoms with Crippen molar-refractivity contribution in [2.45, 2.75) is 6.42 Å². The summed E-state index contributed by atoms with van der Waals surface area (Å²) in [6.07, 6.45) is 1.55. The molecule has 6 nitrogen and oxygen atoms in total. The summed E-state index contributed by atoms with van der Waals surface area (Å²) in [6.45, 7) is 0.294. The van der Waals surface area contributed by atoms with E-state index in [2.05, 4.69) is 10.3 Å². The number of hydrogen-bond donors (Lipinski definition) is 2. The molecule has 0 bridgehead atoms. The normalized spacial score (nSPS) is 11.5. The Hall–Kier alpha value is -2.15. The van der Waals surface area contributed by atoms with Gasteiger partial charge in [-0.2, -0.15) is 0 Å². The summed E-state index contributed by atoms with van der Waals surface area (Å²) < 4.78 is 22.1. The number of para-hydroxylation sites is 1. The van der Waals surface area contributed by atoms with Gasteiger partial charge in [0.1, 0.15) is 15.7 Å². The first kappa shape index (κ1) is 15.2. The maximum absolute atomic E-state index is 12.2. The lowest BCUT2D eigenvalue weighted by molar-refractivity contribution is 0.0955. The third-order valence-corrected chi connectivity index (χ3v) is 3.99.